The molecule has 2 aromatic carbocycles. The van der Waals surface area contributed by atoms with Gasteiger partial charge in [-0.1, -0.05) is 30.3 Å². The van der Waals surface area contributed by atoms with Gasteiger partial charge in [0.1, 0.15) is 5.82 Å². The second kappa shape index (κ2) is 8.61. The molecule has 0 bridgehead atoms. The van der Waals surface area contributed by atoms with E-state index in [-0.39, 0.29) is 12.1 Å². The molecule has 178 valence electrons. The normalized spacial score (nSPS) is 21.2. The number of ether oxygens (including phenoxy) is 1. The molecule has 2 fully saturated rings. The Kier molecular flexibility index (Phi) is 5.57. The Labute approximate surface area is 205 Å². The van der Waals surface area contributed by atoms with Crippen LogP contribution < -0.4 is 4.90 Å². The molecule has 0 N–H and O–H groups in total. The lowest BCUT2D eigenvalue weighted by atomic mass is 9.83. The van der Waals surface area contributed by atoms with E-state index < -0.39 is 0 Å². The summed E-state index contributed by atoms with van der Waals surface area (Å²) >= 11 is 2.08. The molecule has 7 heteroatoms. The molecule has 2 saturated heterocycles. The maximum Gasteiger partial charge on any atom is 0.414 e. The van der Waals surface area contributed by atoms with Gasteiger partial charge in [-0.2, -0.15) is 11.8 Å². The first-order valence-electron chi connectivity index (χ1n) is 12.3. The third kappa shape index (κ3) is 3.69. The van der Waals surface area contributed by atoms with Crippen molar-refractivity contribution < 1.29 is 9.53 Å². The highest BCUT2D eigenvalue weighted by atomic mass is 32.2. The first-order chi connectivity index (χ1) is 16.6. The summed E-state index contributed by atoms with van der Waals surface area (Å²) < 4.78 is 7.53. The molecule has 4 heterocycles. The van der Waals surface area contributed by atoms with Crippen LogP contribution in [0.3, 0.4) is 0 Å². The molecule has 1 spiro atoms. The molecule has 0 radical (unpaired) electrons. The molecule has 1 unspecified atom stereocenters. The van der Waals surface area contributed by atoms with Crippen molar-refractivity contribution in [2.45, 2.75) is 38.8 Å². The van der Waals surface area contributed by atoms with Gasteiger partial charge in [-0.3, -0.25) is 4.90 Å². The van der Waals surface area contributed by atoms with Gasteiger partial charge in [0.15, 0.2) is 0 Å². The predicted octanol–water partition coefficient (Wildman–Crippen LogP) is 4.58. The van der Waals surface area contributed by atoms with Gasteiger partial charge in [-0.25, -0.2) is 9.78 Å². The summed E-state index contributed by atoms with van der Waals surface area (Å²) in [4.78, 5) is 22.2. The SMILES string of the molecule is COC(=O)N1c2ccc3c(nc(Cc4ccccc4)n3CCN3CC4(CSC4)C3)c2CCC1C. The third-order valence-electron chi connectivity index (χ3n) is 7.74. The van der Waals surface area contributed by atoms with Crippen LogP contribution in [0, 0.1) is 5.41 Å². The van der Waals surface area contributed by atoms with Crippen molar-refractivity contribution in [1.29, 1.82) is 0 Å². The highest BCUT2D eigenvalue weighted by molar-refractivity contribution is 8.00. The molecule has 1 atom stereocenters. The lowest BCUT2D eigenvalue weighted by molar-refractivity contribution is 0.0276. The van der Waals surface area contributed by atoms with Crippen molar-refractivity contribution in [2.75, 3.05) is 43.1 Å². The molecule has 1 aromatic heterocycles. The number of aromatic nitrogens is 2. The largest absolute Gasteiger partial charge is 0.452 e. The Balaban J connectivity index is 1.36. The molecule has 3 aliphatic heterocycles. The highest BCUT2D eigenvalue weighted by Crippen LogP contribution is 2.45. The topological polar surface area (TPSA) is 50.6 Å². The Morgan fingerprint density at radius 1 is 1.15 bits per heavy atom. The average Bonchev–Trinajstić information content (AvgIpc) is 3.14. The van der Waals surface area contributed by atoms with Crippen LogP contribution >= 0.6 is 11.8 Å². The molecule has 6 rings (SSSR count). The number of thioether (sulfide) groups is 1. The van der Waals surface area contributed by atoms with Gasteiger partial charge in [-0.05, 0) is 37.5 Å². The van der Waals surface area contributed by atoms with E-state index in [4.69, 9.17) is 9.72 Å². The number of carbonyl (C=O) groups is 1. The van der Waals surface area contributed by atoms with E-state index in [9.17, 15) is 4.79 Å². The van der Waals surface area contributed by atoms with E-state index in [1.54, 1.807) is 4.90 Å². The van der Waals surface area contributed by atoms with Crippen molar-refractivity contribution in [3.8, 4) is 0 Å². The molecular formula is C27H32N4O2S. The van der Waals surface area contributed by atoms with Gasteiger partial charge in [0.05, 0.1) is 23.8 Å². The number of carbonyl (C=O) groups excluding carboxylic acids is 1. The van der Waals surface area contributed by atoms with Crippen LogP contribution in [-0.2, 0) is 24.1 Å². The highest BCUT2D eigenvalue weighted by Gasteiger charge is 2.47. The minimum absolute atomic E-state index is 0.117. The van der Waals surface area contributed by atoms with Gasteiger partial charge in [0, 0.05) is 61.1 Å². The lowest BCUT2D eigenvalue weighted by Gasteiger charge is -2.55. The zero-order chi connectivity index (χ0) is 23.3. The number of anilines is 1. The maximum atomic E-state index is 12.6. The third-order valence-corrected chi connectivity index (χ3v) is 9.38. The Morgan fingerprint density at radius 3 is 2.65 bits per heavy atom. The van der Waals surface area contributed by atoms with E-state index >= 15 is 0 Å². The second-order valence-corrected chi connectivity index (χ2v) is 11.2. The van der Waals surface area contributed by atoms with Gasteiger partial charge in [0.25, 0.3) is 0 Å². The standard InChI is InChI=1S/C27H32N4O2S/c1-19-8-9-21-22(31(19)26(32)33-2)10-11-23-25(21)28-24(14-20-6-4-3-5-7-20)30(23)13-12-29-15-27(16-29)17-34-18-27/h3-7,10-11,19H,8-9,12-18H2,1-2H3. The molecule has 34 heavy (non-hydrogen) atoms. The summed E-state index contributed by atoms with van der Waals surface area (Å²) in [5.74, 6) is 3.77. The summed E-state index contributed by atoms with van der Waals surface area (Å²) in [6, 6.07) is 15.0. The number of benzene rings is 2. The number of likely N-dealkylation sites (tertiary alicyclic amines) is 1. The average molecular weight is 477 g/mol. The van der Waals surface area contributed by atoms with E-state index in [1.807, 2.05) is 0 Å². The van der Waals surface area contributed by atoms with E-state index in [2.05, 4.69) is 70.6 Å². The number of nitrogens with zero attached hydrogens (tertiary/aromatic N) is 4. The molecule has 3 aromatic rings. The Morgan fingerprint density at radius 2 is 1.94 bits per heavy atom. The van der Waals surface area contributed by atoms with Crippen LogP contribution in [0.15, 0.2) is 42.5 Å². The predicted molar refractivity (Wildman–Crippen MR) is 138 cm³/mol. The first-order valence-corrected chi connectivity index (χ1v) is 13.4. The molecule has 0 saturated carbocycles. The van der Waals surface area contributed by atoms with Gasteiger partial charge in [-0.15, -0.1) is 0 Å². The van der Waals surface area contributed by atoms with E-state index in [1.165, 1.54) is 48.3 Å². The number of imidazole rings is 1. The lowest BCUT2D eigenvalue weighted by Crippen LogP contribution is -2.63. The maximum absolute atomic E-state index is 12.6. The monoisotopic (exact) mass is 476 g/mol. The second-order valence-electron chi connectivity index (χ2n) is 10.2. The summed E-state index contributed by atoms with van der Waals surface area (Å²) in [7, 11) is 1.46. The van der Waals surface area contributed by atoms with Crippen molar-refractivity contribution in [2.24, 2.45) is 5.41 Å². The summed E-state index contributed by atoms with van der Waals surface area (Å²) in [6.45, 7) is 6.56. The number of amides is 1. The fourth-order valence-electron chi connectivity index (χ4n) is 5.89. The van der Waals surface area contributed by atoms with Crippen LogP contribution in [0.4, 0.5) is 10.5 Å². The Hall–Kier alpha value is -2.51. The minimum Gasteiger partial charge on any atom is -0.452 e. The van der Waals surface area contributed by atoms with Crippen LogP contribution in [0.2, 0.25) is 0 Å². The zero-order valence-electron chi connectivity index (χ0n) is 20.0. The van der Waals surface area contributed by atoms with Crippen molar-refractivity contribution in [1.82, 2.24) is 14.5 Å². The van der Waals surface area contributed by atoms with Gasteiger partial charge >= 0.3 is 6.09 Å². The van der Waals surface area contributed by atoms with Crippen LogP contribution in [0.5, 0.6) is 0 Å². The number of methoxy groups -OCH3 is 1. The van der Waals surface area contributed by atoms with E-state index in [0.717, 1.165) is 49.4 Å². The number of hydrogen-bond donors (Lipinski definition) is 0. The van der Waals surface area contributed by atoms with Crippen molar-refractivity contribution in [3.63, 3.8) is 0 Å². The Bertz CT molecular complexity index is 1210. The molecule has 0 aliphatic carbocycles. The molecule has 3 aliphatic rings. The summed E-state index contributed by atoms with van der Waals surface area (Å²) in [5, 5.41) is 0. The summed E-state index contributed by atoms with van der Waals surface area (Å²) in [5.41, 5.74) is 6.22. The van der Waals surface area contributed by atoms with Crippen LogP contribution in [0.1, 0.15) is 30.3 Å². The van der Waals surface area contributed by atoms with Gasteiger partial charge in [0.2, 0.25) is 0 Å². The fraction of sp³-hybridized carbons (Fsp3) is 0.481. The number of rotatable bonds is 5. The summed E-state index contributed by atoms with van der Waals surface area (Å²) in [6.07, 6.45) is 2.35. The van der Waals surface area contributed by atoms with Crippen LogP contribution in [-0.4, -0.2) is 64.8 Å². The van der Waals surface area contributed by atoms with E-state index in [0.29, 0.717) is 5.41 Å². The molecule has 6 nitrogen and oxygen atoms in total. The van der Waals surface area contributed by atoms with Crippen molar-refractivity contribution in [3.05, 3.63) is 59.4 Å². The quantitative estimate of drug-likeness (QED) is 0.539. The number of hydrogen-bond acceptors (Lipinski definition) is 5. The van der Waals surface area contributed by atoms with Crippen molar-refractivity contribution >= 4 is 34.6 Å². The number of aryl methyl sites for hydroxylation is 1. The zero-order valence-corrected chi connectivity index (χ0v) is 20.8. The number of fused-ring (bicyclic) bond motifs is 3. The minimum atomic E-state index is -0.294. The molecule has 1 amide bonds. The fourth-order valence-corrected chi connectivity index (χ4v) is 7.04. The smallest absolute Gasteiger partial charge is 0.414 e. The molecular weight excluding hydrogens is 444 g/mol. The van der Waals surface area contributed by atoms with Crippen LogP contribution in [0.25, 0.3) is 11.0 Å². The first kappa shape index (κ1) is 22.0. The van der Waals surface area contributed by atoms with Gasteiger partial charge < -0.3 is 14.2 Å².